The van der Waals surface area contributed by atoms with Gasteiger partial charge in [0, 0.05) is 13.1 Å². The number of carboxylic acid groups (broad SMARTS) is 1. The van der Waals surface area contributed by atoms with Gasteiger partial charge in [-0.3, -0.25) is 0 Å². The van der Waals surface area contributed by atoms with E-state index in [1.165, 1.54) is 0 Å². The predicted molar refractivity (Wildman–Crippen MR) is 69.0 cm³/mol. The number of aromatic carboxylic acids is 1. The summed E-state index contributed by atoms with van der Waals surface area (Å²) < 4.78 is 6.38. The number of halogens is 1. The molecule has 1 spiro atoms. The Kier molecular flexibility index (Phi) is 2.79. The van der Waals surface area contributed by atoms with E-state index in [4.69, 9.17) is 4.74 Å². The van der Waals surface area contributed by atoms with Crippen molar-refractivity contribution in [2.24, 2.45) is 0 Å². The molecule has 3 rings (SSSR count). The van der Waals surface area contributed by atoms with E-state index in [0.717, 1.165) is 19.4 Å². The molecule has 2 heterocycles. The van der Waals surface area contributed by atoms with Gasteiger partial charge in [0.25, 0.3) is 0 Å². The SMILES string of the molecule is O=C(O)c1ccc(Br)nc1N1CCOC2(CC2)C1. The first kappa shape index (κ1) is 11.9. The monoisotopic (exact) mass is 312 g/mol. The van der Waals surface area contributed by atoms with Crippen LogP contribution in [0.5, 0.6) is 0 Å². The van der Waals surface area contributed by atoms with Crippen molar-refractivity contribution in [1.29, 1.82) is 0 Å². The molecule has 0 atom stereocenters. The van der Waals surface area contributed by atoms with Gasteiger partial charge >= 0.3 is 5.97 Å². The molecule has 1 saturated carbocycles. The average molecular weight is 313 g/mol. The minimum atomic E-state index is -0.943. The maximum absolute atomic E-state index is 11.2. The van der Waals surface area contributed by atoms with Crippen LogP contribution in [0.3, 0.4) is 0 Å². The van der Waals surface area contributed by atoms with E-state index < -0.39 is 5.97 Å². The topological polar surface area (TPSA) is 62.7 Å². The summed E-state index contributed by atoms with van der Waals surface area (Å²) in [4.78, 5) is 17.6. The maximum atomic E-state index is 11.2. The van der Waals surface area contributed by atoms with Gasteiger partial charge in [-0.05, 0) is 40.9 Å². The summed E-state index contributed by atoms with van der Waals surface area (Å²) in [7, 11) is 0. The zero-order valence-electron chi connectivity index (χ0n) is 9.73. The summed E-state index contributed by atoms with van der Waals surface area (Å²) in [5.74, 6) is -0.409. The van der Waals surface area contributed by atoms with E-state index in [0.29, 0.717) is 23.6 Å². The highest BCUT2D eigenvalue weighted by Crippen LogP contribution is 2.43. The molecule has 1 aromatic heterocycles. The summed E-state index contributed by atoms with van der Waals surface area (Å²) in [6, 6.07) is 3.24. The number of pyridine rings is 1. The molecule has 1 N–H and O–H groups in total. The van der Waals surface area contributed by atoms with E-state index in [1.807, 2.05) is 4.90 Å². The zero-order valence-corrected chi connectivity index (χ0v) is 11.3. The quantitative estimate of drug-likeness (QED) is 0.845. The van der Waals surface area contributed by atoms with Crippen LogP contribution in [-0.2, 0) is 4.74 Å². The summed E-state index contributed by atoms with van der Waals surface area (Å²) >= 11 is 3.29. The number of rotatable bonds is 2. The van der Waals surface area contributed by atoms with Crippen LogP contribution in [0, 0.1) is 0 Å². The van der Waals surface area contributed by atoms with E-state index in [-0.39, 0.29) is 11.2 Å². The van der Waals surface area contributed by atoms with Crippen molar-refractivity contribution in [3.8, 4) is 0 Å². The lowest BCUT2D eigenvalue weighted by Gasteiger charge is -2.34. The molecule has 5 nitrogen and oxygen atoms in total. The van der Waals surface area contributed by atoms with Gasteiger partial charge < -0.3 is 14.7 Å². The predicted octanol–water partition coefficient (Wildman–Crippen LogP) is 1.91. The molecule has 1 aromatic rings. The number of nitrogens with zero attached hydrogens (tertiary/aromatic N) is 2. The first-order chi connectivity index (χ1) is 8.60. The van der Waals surface area contributed by atoms with Crippen molar-refractivity contribution in [3.63, 3.8) is 0 Å². The number of anilines is 1. The van der Waals surface area contributed by atoms with Crippen molar-refractivity contribution in [2.75, 3.05) is 24.6 Å². The Hall–Kier alpha value is -1.14. The molecule has 6 heteroatoms. The molecule has 0 amide bonds. The van der Waals surface area contributed by atoms with Gasteiger partial charge in [0.15, 0.2) is 0 Å². The Morgan fingerprint density at radius 1 is 1.50 bits per heavy atom. The van der Waals surface area contributed by atoms with Crippen LogP contribution in [0.4, 0.5) is 5.82 Å². The molecule has 0 radical (unpaired) electrons. The summed E-state index contributed by atoms with van der Waals surface area (Å²) in [6.45, 7) is 2.05. The van der Waals surface area contributed by atoms with Crippen molar-refractivity contribution >= 4 is 27.7 Å². The van der Waals surface area contributed by atoms with Crippen molar-refractivity contribution < 1.29 is 14.6 Å². The Morgan fingerprint density at radius 3 is 2.94 bits per heavy atom. The number of hydrogen-bond donors (Lipinski definition) is 1. The Balaban J connectivity index is 1.94. The normalized spacial score (nSPS) is 21.1. The third-order valence-electron chi connectivity index (χ3n) is 3.43. The van der Waals surface area contributed by atoms with Crippen LogP contribution >= 0.6 is 15.9 Å². The molecule has 18 heavy (non-hydrogen) atoms. The van der Waals surface area contributed by atoms with E-state index in [1.54, 1.807) is 12.1 Å². The fourth-order valence-electron chi connectivity index (χ4n) is 2.30. The minimum absolute atomic E-state index is 0.0436. The molecule has 1 aliphatic carbocycles. The van der Waals surface area contributed by atoms with E-state index in [9.17, 15) is 9.90 Å². The first-order valence-corrected chi connectivity index (χ1v) is 6.68. The second kappa shape index (κ2) is 4.20. The number of carboxylic acids is 1. The van der Waals surface area contributed by atoms with Gasteiger partial charge in [-0.2, -0.15) is 0 Å². The highest BCUT2D eigenvalue weighted by atomic mass is 79.9. The molecule has 0 aromatic carbocycles. The Morgan fingerprint density at radius 2 is 2.28 bits per heavy atom. The van der Waals surface area contributed by atoms with Crippen molar-refractivity contribution in [1.82, 2.24) is 4.98 Å². The summed E-state index contributed by atoms with van der Waals surface area (Å²) in [5, 5.41) is 9.22. The molecular formula is C12H13BrN2O3. The molecule has 1 aliphatic heterocycles. The molecule has 1 saturated heterocycles. The van der Waals surface area contributed by atoms with Crippen LogP contribution in [0.2, 0.25) is 0 Å². The van der Waals surface area contributed by atoms with Crippen LogP contribution in [-0.4, -0.2) is 41.4 Å². The highest BCUT2D eigenvalue weighted by Gasteiger charge is 2.48. The van der Waals surface area contributed by atoms with Gasteiger partial charge in [-0.25, -0.2) is 9.78 Å². The first-order valence-electron chi connectivity index (χ1n) is 5.88. The van der Waals surface area contributed by atoms with Gasteiger partial charge in [-0.15, -0.1) is 0 Å². The second-order valence-electron chi connectivity index (χ2n) is 4.76. The maximum Gasteiger partial charge on any atom is 0.339 e. The van der Waals surface area contributed by atoms with Crippen LogP contribution in [0.15, 0.2) is 16.7 Å². The lowest BCUT2D eigenvalue weighted by Crippen LogP contribution is -2.45. The lowest BCUT2D eigenvalue weighted by molar-refractivity contribution is 0.0202. The average Bonchev–Trinajstić information content (AvgIpc) is 3.08. The fraction of sp³-hybridized carbons (Fsp3) is 0.500. The number of ether oxygens (including phenoxy) is 1. The van der Waals surface area contributed by atoms with Crippen LogP contribution in [0.25, 0.3) is 0 Å². The van der Waals surface area contributed by atoms with E-state index in [2.05, 4.69) is 20.9 Å². The number of hydrogen-bond acceptors (Lipinski definition) is 4. The Bertz CT molecular complexity index is 502. The lowest BCUT2D eigenvalue weighted by atomic mass is 10.2. The number of morpholine rings is 1. The smallest absolute Gasteiger partial charge is 0.339 e. The van der Waals surface area contributed by atoms with Gasteiger partial charge in [0.2, 0.25) is 0 Å². The third kappa shape index (κ3) is 2.10. The van der Waals surface area contributed by atoms with Crippen molar-refractivity contribution in [3.05, 3.63) is 22.3 Å². The van der Waals surface area contributed by atoms with Crippen LogP contribution < -0.4 is 4.90 Å². The zero-order chi connectivity index (χ0) is 12.8. The largest absolute Gasteiger partial charge is 0.478 e. The summed E-state index contributed by atoms with van der Waals surface area (Å²) in [6.07, 6.45) is 2.11. The molecular weight excluding hydrogens is 300 g/mol. The van der Waals surface area contributed by atoms with Gasteiger partial charge in [-0.1, -0.05) is 0 Å². The highest BCUT2D eigenvalue weighted by molar-refractivity contribution is 9.10. The Labute approximate surface area is 113 Å². The summed E-state index contributed by atoms with van der Waals surface area (Å²) in [5.41, 5.74) is 0.203. The molecule has 2 aliphatic rings. The molecule has 96 valence electrons. The number of carbonyl (C=O) groups is 1. The van der Waals surface area contributed by atoms with Gasteiger partial charge in [0.05, 0.1) is 12.2 Å². The number of aromatic nitrogens is 1. The fourth-order valence-corrected chi connectivity index (χ4v) is 2.60. The van der Waals surface area contributed by atoms with E-state index >= 15 is 0 Å². The molecule has 2 fully saturated rings. The van der Waals surface area contributed by atoms with Crippen LogP contribution in [0.1, 0.15) is 23.2 Å². The van der Waals surface area contributed by atoms with Crippen molar-refractivity contribution in [2.45, 2.75) is 18.4 Å². The molecule has 0 unspecified atom stereocenters. The standard InChI is InChI=1S/C12H13BrN2O3/c13-9-2-1-8(11(16)17)10(14-9)15-5-6-18-12(7-15)3-4-12/h1-2H,3-7H2,(H,16,17). The minimum Gasteiger partial charge on any atom is -0.478 e. The third-order valence-corrected chi connectivity index (χ3v) is 3.87. The molecule has 0 bridgehead atoms. The second-order valence-corrected chi connectivity index (χ2v) is 5.58. The van der Waals surface area contributed by atoms with Gasteiger partial charge in [0.1, 0.15) is 16.0 Å².